The third-order valence-electron chi connectivity index (χ3n) is 4.04. The van der Waals surface area contributed by atoms with Crippen LogP contribution in [0, 0.1) is 0 Å². The van der Waals surface area contributed by atoms with E-state index in [2.05, 4.69) is 37.1 Å². The number of anilines is 1. The van der Waals surface area contributed by atoms with Gasteiger partial charge in [0.15, 0.2) is 6.61 Å². The maximum absolute atomic E-state index is 12.2. The van der Waals surface area contributed by atoms with Gasteiger partial charge in [0.1, 0.15) is 5.75 Å². The molecule has 2 aromatic rings. The summed E-state index contributed by atoms with van der Waals surface area (Å²) in [6.45, 7) is 3.38. The first-order valence-corrected chi connectivity index (χ1v) is 11.0. The molecular weight excluding hydrogens is 523 g/mol. The molecule has 1 atom stereocenters. The van der Waals surface area contributed by atoms with Gasteiger partial charge in [0.25, 0.3) is 5.91 Å². The number of carbonyl (C=O) groups is 3. The smallest absolute Gasteiger partial charge is 0.329 e. The van der Waals surface area contributed by atoms with Crippen LogP contribution in [0.4, 0.5) is 5.69 Å². The largest absolute Gasteiger partial charge is 0.483 e. The predicted octanol–water partition coefficient (Wildman–Crippen LogP) is 4.14. The molecule has 3 amide bonds. The Bertz CT molecular complexity index is 1010. The Morgan fingerprint density at radius 1 is 1.12 bits per heavy atom. The van der Waals surface area contributed by atoms with Gasteiger partial charge in [-0.05, 0) is 49.7 Å². The number of hydrogen-bond donors (Lipinski definition) is 3. The predicted molar refractivity (Wildman–Crippen MR) is 128 cm³/mol. The molecule has 8 nitrogen and oxygen atoms in total. The molecule has 0 aliphatic carbocycles. The molecule has 2 aromatic carbocycles. The minimum atomic E-state index is -0.890. The van der Waals surface area contributed by atoms with Gasteiger partial charge in [0.2, 0.25) is 0 Å². The summed E-state index contributed by atoms with van der Waals surface area (Å²) in [5.74, 6) is -1.75. The molecule has 3 N–H and O–H groups in total. The lowest BCUT2D eigenvalue weighted by atomic mass is 10.2. The van der Waals surface area contributed by atoms with Gasteiger partial charge in [-0.3, -0.25) is 14.4 Å². The fraction of sp³-hybridized carbons (Fsp3) is 0.238. The second-order valence-corrected chi connectivity index (χ2v) is 8.45. The van der Waals surface area contributed by atoms with Crippen molar-refractivity contribution in [1.82, 2.24) is 10.7 Å². The highest BCUT2D eigenvalue weighted by Gasteiger charge is 2.14. The minimum Gasteiger partial charge on any atom is -0.483 e. The van der Waals surface area contributed by atoms with Crippen LogP contribution in [0.25, 0.3) is 0 Å². The zero-order valence-electron chi connectivity index (χ0n) is 17.2. The first kappa shape index (κ1) is 25.6. The average Bonchev–Trinajstić information content (AvgIpc) is 2.72. The van der Waals surface area contributed by atoms with E-state index in [4.69, 9.17) is 27.9 Å². The van der Waals surface area contributed by atoms with Crippen molar-refractivity contribution >= 4 is 68.8 Å². The second-order valence-electron chi connectivity index (χ2n) is 6.66. The van der Waals surface area contributed by atoms with Crippen molar-refractivity contribution in [2.45, 2.75) is 26.3 Å². The molecule has 0 unspecified atom stereocenters. The highest BCUT2D eigenvalue weighted by atomic mass is 79.9. The van der Waals surface area contributed by atoms with Gasteiger partial charge >= 0.3 is 11.8 Å². The van der Waals surface area contributed by atoms with E-state index < -0.39 is 17.7 Å². The van der Waals surface area contributed by atoms with E-state index in [1.807, 2.05) is 6.92 Å². The van der Waals surface area contributed by atoms with Crippen LogP contribution in [0.1, 0.15) is 25.8 Å². The maximum atomic E-state index is 12.2. The van der Waals surface area contributed by atoms with E-state index >= 15 is 0 Å². The normalized spacial score (nSPS) is 11.7. The summed E-state index contributed by atoms with van der Waals surface area (Å²) in [4.78, 5) is 35.8. The number of rotatable bonds is 8. The SMILES string of the molecule is CC[C@H](C)NC(=O)C(=O)N/N=C\c1cc(Br)ccc1OCC(=O)Nc1cc(Cl)cc(Cl)c1. The third kappa shape index (κ3) is 8.49. The Hall–Kier alpha value is -2.62. The lowest BCUT2D eigenvalue weighted by molar-refractivity contribution is -0.139. The number of benzene rings is 2. The Morgan fingerprint density at radius 2 is 1.81 bits per heavy atom. The topological polar surface area (TPSA) is 109 Å². The number of hydrogen-bond acceptors (Lipinski definition) is 5. The van der Waals surface area contributed by atoms with E-state index in [0.29, 0.717) is 33.5 Å². The molecule has 0 heterocycles. The van der Waals surface area contributed by atoms with Crippen molar-refractivity contribution in [3.8, 4) is 5.75 Å². The van der Waals surface area contributed by atoms with Crippen molar-refractivity contribution < 1.29 is 19.1 Å². The van der Waals surface area contributed by atoms with Crippen LogP contribution in [0.2, 0.25) is 10.0 Å². The molecule has 0 saturated carbocycles. The fourth-order valence-electron chi connectivity index (χ4n) is 2.32. The molecule has 0 radical (unpaired) electrons. The standard InChI is InChI=1S/C21H21BrCl2N4O4/c1-3-12(2)26-20(30)21(31)28-25-10-13-6-14(22)4-5-18(13)32-11-19(29)27-17-8-15(23)7-16(24)9-17/h4-10,12H,3,11H2,1-2H3,(H,26,30)(H,27,29)(H,28,31)/b25-10-/t12-/m0/s1. The van der Waals surface area contributed by atoms with Crippen molar-refractivity contribution in [3.05, 3.63) is 56.5 Å². The molecule has 32 heavy (non-hydrogen) atoms. The van der Waals surface area contributed by atoms with Crippen molar-refractivity contribution in [3.63, 3.8) is 0 Å². The van der Waals surface area contributed by atoms with Gasteiger partial charge in [-0.15, -0.1) is 0 Å². The molecule has 0 aromatic heterocycles. The van der Waals surface area contributed by atoms with E-state index in [-0.39, 0.29) is 12.6 Å². The number of nitrogens with zero attached hydrogens (tertiary/aromatic N) is 1. The summed E-state index contributed by atoms with van der Waals surface area (Å²) in [6, 6.07) is 9.57. The summed E-state index contributed by atoms with van der Waals surface area (Å²) >= 11 is 15.2. The third-order valence-corrected chi connectivity index (χ3v) is 4.97. The van der Waals surface area contributed by atoms with Crippen LogP contribution in [-0.2, 0) is 14.4 Å². The van der Waals surface area contributed by atoms with Crippen molar-refractivity contribution in [1.29, 1.82) is 0 Å². The van der Waals surface area contributed by atoms with Gasteiger partial charge in [-0.2, -0.15) is 5.10 Å². The fourth-order valence-corrected chi connectivity index (χ4v) is 3.23. The summed E-state index contributed by atoms with van der Waals surface area (Å²) in [7, 11) is 0. The Kier molecular flexibility index (Phi) is 9.96. The lowest BCUT2D eigenvalue weighted by Gasteiger charge is -2.11. The first-order valence-electron chi connectivity index (χ1n) is 9.50. The zero-order chi connectivity index (χ0) is 23.7. The molecule has 0 spiro atoms. The van der Waals surface area contributed by atoms with Gasteiger partial charge in [0, 0.05) is 31.8 Å². The molecule has 0 bridgehead atoms. The Morgan fingerprint density at radius 3 is 2.47 bits per heavy atom. The summed E-state index contributed by atoms with van der Waals surface area (Å²) in [6.07, 6.45) is 2.00. The molecule has 0 aliphatic heterocycles. The van der Waals surface area contributed by atoms with Crippen LogP contribution in [0.3, 0.4) is 0 Å². The van der Waals surface area contributed by atoms with Gasteiger partial charge < -0.3 is 15.4 Å². The first-order chi connectivity index (χ1) is 15.2. The number of ether oxygens (including phenoxy) is 1. The van der Waals surface area contributed by atoms with Crippen molar-refractivity contribution in [2.24, 2.45) is 5.10 Å². The highest BCUT2D eigenvalue weighted by Crippen LogP contribution is 2.23. The quantitative estimate of drug-likeness (QED) is 0.264. The second kappa shape index (κ2) is 12.4. The number of carbonyl (C=O) groups excluding carboxylic acids is 3. The van der Waals surface area contributed by atoms with Crippen LogP contribution in [-0.4, -0.2) is 36.6 Å². The van der Waals surface area contributed by atoms with Crippen molar-refractivity contribution in [2.75, 3.05) is 11.9 Å². The summed E-state index contributed by atoms with van der Waals surface area (Å²) in [5.41, 5.74) is 3.07. The van der Waals surface area contributed by atoms with E-state index in [0.717, 1.165) is 4.47 Å². The van der Waals surface area contributed by atoms with Gasteiger partial charge in [-0.1, -0.05) is 46.1 Å². The highest BCUT2D eigenvalue weighted by molar-refractivity contribution is 9.10. The number of halogens is 3. The van der Waals surface area contributed by atoms with Crippen LogP contribution >= 0.6 is 39.1 Å². The zero-order valence-corrected chi connectivity index (χ0v) is 20.3. The molecule has 0 aliphatic rings. The molecular formula is C21H21BrCl2N4O4. The van der Waals surface area contributed by atoms with E-state index in [1.54, 1.807) is 43.3 Å². The minimum absolute atomic E-state index is 0.128. The Labute approximate surface area is 203 Å². The molecule has 170 valence electrons. The van der Waals surface area contributed by atoms with E-state index in [9.17, 15) is 14.4 Å². The average molecular weight is 544 g/mol. The van der Waals surface area contributed by atoms with Gasteiger partial charge in [0.05, 0.1) is 6.21 Å². The summed E-state index contributed by atoms with van der Waals surface area (Å²) < 4.78 is 6.30. The molecule has 11 heteroatoms. The van der Waals surface area contributed by atoms with Crippen LogP contribution < -0.4 is 20.8 Å². The maximum Gasteiger partial charge on any atom is 0.329 e. The Balaban J connectivity index is 1.98. The van der Waals surface area contributed by atoms with Gasteiger partial charge in [-0.25, -0.2) is 5.43 Å². The van der Waals surface area contributed by atoms with Crippen LogP contribution in [0.15, 0.2) is 46.0 Å². The van der Waals surface area contributed by atoms with Crippen LogP contribution in [0.5, 0.6) is 5.75 Å². The number of amides is 3. The lowest BCUT2D eigenvalue weighted by Crippen LogP contribution is -2.41. The number of nitrogens with one attached hydrogen (secondary N) is 3. The monoisotopic (exact) mass is 542 g/mol. The summed E-state index contributed by atoms with van der Waals surface area (Å²) in [5, 5.41) is 9.75. The molecule has 0 saturated heterocycles. The van der Waals surface area contributed by atoms with E-state index in [1.165, 1.54) is 6.21 Å². The molecule has 0 fully saturated rings. The molecule has 2 rings (SSSR count). The number of hydrazone groups is 1.